The van der Waals surface area contributed by atoms with Gasteiger partial charge in [-0.1, -0.05) is 0 Å². The molecule has 2 rings (SSSR count). The zero-order chi connectivity index (χ0) is 10.1. The van der Waals surface area contributed by atoms with Crippen LogP contribution in [0.1, 0.15) is 6.42 Å². The van der Waals surface area contributed by atoms with Gasteiger partial charge >= 0.3 is 0 Å². The number of carbonyl (C=O) groups is 1. The first kappa shape index (κ1) is 9.31. The number of hydrogen-bond donors (Lipinski definition) is 0. The Balaban J connectivity index is 2.14. The van der Waals surface area contributed by atoms with Crippen molar-refractivity contribution in [3.05, 3.63) is 12.4 Å². The highest BCUT2D eigenvalue weighted by Gasteiger charge is 2.19. The molecule has 2 heterocycles. The van der Waals surface area contributed by atoms with Gasteiger partial charge in [0.1, 0.15) is 12.4 Å². The third kappa shape index (κ3) is 1.54. The van der Waals surface area contributed by atoms with E-state index in [1.807, 2.05) is 42.9 Å². The number of carbonyl (C=O) groups excluding carboxylic acids is 1. The van der Waals surface area contributed by atoms with Crippen LogP contribution in [0.25, 0.3) is 0 Å². The lowest BCUT2D eigenvalue weighted by atomic mass is 9.62. The highest BCUT2D eigenvalue weighted by molar-refractivity contribution is 6.56. The minimum Gasteiger partial charge on any atom is -0.468 e. The summed E-state index contributed by atoms with van der Waals surface area (Å²) in [5.41, 5.74) is 1.04. The molecule has 0 N–H and O–H groups in total. The van der Waals surface area contributed by atoms with Crippen LogP contribution in [0.5, 0.6) is 0 Å². The van der Waals surface area contributed by atoms with Crippen LogP contribution in [0.2, 0.25) is 5.82 Å². The highest BCUT2D eigenvalue weighted by Crippen LogP contribution is 2.18. The number of aryl methyl sites for hydroxylation is 2. The van der Waals surface area contributed by atoms with Gasteiger partial charge in [-0.05, 0) is 6.42 Å². The minimum atomic E-state index is -0.105. The van der Waals surface area contributed by atoms with E-state index in [4.69, 9.17) is 4.74 Å². The Hall–Kier alpha value is -1.26. The van der Waals surface area contributed by atoms with Gasteiger partial charge < -0.3 is 4.74 Å². The molecule has 1 fully saturated rings. The van der Waals surface area contributed by atoms with Gasteiger partial charge in [0, 0.05) is 5.72 Å². The van der Waals surface area contributed by atoms with Gasteiger partial charge in [-0.25, -0.2) is 0 Å². The molecule has 5 heteroatoms. The average molecular weight is 192 g/mol. The number of rotatable bonds is 2. The summed E-state index contributed by atoms with van der Waals surface area (Å²) in [5.74, 6) is -0.180. The lowest BCUT2D eigenvalue weighted by Crippen LogP contribution is -2.51. The molecule has 0 amide bonds. The second kappa shape index (κ2) is 3.48. The van der Waals surface area contributed by atoms with Crippen LogP contribution in [0, 0.1) is 0 Å². The molecule has 1 aliphatic rings. The summed E-state index contributed by atoms with van der Waals surface area (Å²) in [7, 11) is 5.90. The number of ether oxygens (including phenoxy) is 1. The Morgan fingerprint density at radius 3 is 3.00 bits per heavy atom. The van der Waals surface area contributed by atoms with Crippen molar-refractivity contribution < 1.29 is 14.1 Å². The third-order valence-electron chi connectivity index (χ3n) is 2.56. The molecule has 0 saturated carbocycles. The number of nitrogens with zero attached hydrogens (tertiary/aromatic N) is 2. The summed E-state index contributed by atoms with van der Waals surface area (Å²) in [4.78, 5) is 11.3. The minimum absolute atomic E-state index is 0.0743. The largest absolute Gasteiger partial charge is 0.468 e. The number of aromatic nitrogens is 2. The quantitative estimate of drug-likeness (QED) is 0.339. The summed E-state index contributed by atoms with van der Waals surface area (Å²) in [6, 6.07) is 0. The Morgan fingerprint density at radius 2 is 2.50 bits per heavy atom. The molecule has 0 aromatic carbocycles. The van der Waals surface area contributed by atoms with Crippen LogP contribution in [-0.2, 0) is 23.6 Å². The summed E-state index contributed by atoms with van der Waals surface area (Å²) in [5, 5.41) is 0. The number of cyclic esters (lactones) is 1. The van der Waals surface area contributed by atoms with E-state index in [0.29, 0.717) is 6.61 Å². The van der Waals surface area contributed by atoms with Gasteiger partial charge in [-0.15, -0.1) is 5.82 Å². The molecule has 1 aromatic heterocycles. The third-order valence-corrected chi connectivity index (χ3v) is 2.56. The van der Waals surface area contributed by atoms with Crippen molar-refractivity contribution in [2.24, 2.45) is 14.1 Å². The van der Waals surface area contributed by atoms with Crippen LogP contribution in [0.4, 0.5) is 0 Å². The molecular formula is C9H13BN2O2. The maximum Gasteiger partial charge on any atom is 0.268 e. The van der Waals surface area contributed by atoms with Crippen LogP contribution in [0.3, 0.4) is 0 Å². The van der Waals surface area contributed by atoms with E-state index in [9.17, 15) is 4.79 Å². The average Bonchev–Trinajstić information content (AvgIpc) is 2.67. The first-order valence-corrected chi connectivity index (χ1v) is 4.71. The van der Waals surface area contributed by atoms with Crippen LogP contribution < -0.4 is 10.3 Å². The van der Waals surface area contributed by atoms with E-state index in [1.165, 1.54) is 0 Å². The highest BCUT2D eigenvalue weighted by atomic mass is 16.5. The maximum atomic E-state index is 11.3. The predicted molar refractivity (Wildman–Crippen MR) is 51.3 cm³/mol. The molecule has 1 aromatic rings. The smallest absolute Gasteiger partial charge is 0.268 e. The predicted octanol–water partition coefficient (Wildman–Crippen LogP) is -1.09. The molecule has 1 aliphatic heterocycles. The molecule has 0 bridgehead atoms. The molecule has 0 spiro atoms. The summed E-state index contributed by atoms with van der Waals surface area (Å²) in [6.07, 6.45) is 4.72. The Labute approximate surface area is 83.7 Å². The Kier molecular flexibility index (Phi) is 2.31. The van der Waals surface area contributed by atoms with Gasteiger partial charge in [-0.2, -0.15) is 7.28 Å². The zero-order valence-electron chi connectivity index (χ0n) is 8.43. The van der Waals surface area contributed by atoms with Crippen molar-refractivity contribution >= 4 is 19.0 Å². The molecule has 1 saturated heterocycles. The summed E-state index contributed by atoms with van der Waals surface area (Å²) in [6.45, 7) is 0.550. The standard InChI is InChI=1S/C9H13BN2O2/c1-11-4-5-12(2)9(11)10-7-3-6-14-8(7)13/h4-5,7H,3,6H2,1-2H3. The van der Waals surface area contributed by atoms with E-state index in [0.717, 1.165) is 12.1 Å². The van der Waals surface area contributed by atoms with Crippen molar-refractivity contribution in [3.63, 3.8) is 0 Å². The van der Waals surface area contributed by atoms with Crippen LogP contribution in [-0.4, -0.2) is 24.4 Å². The lowest BCUT2D eigenvalue weighted by Gasteiger charge is -2.16. The summed E-state index contributed by atoms with van der Waals surface area (Å²) >= 11 is 0. The molecule has 14 heavy (non-hydrogen) atoms. The Bertz CT molecular complexity index is 342. The molecule has 0 aliphatic carbocycles. The van der Waals surface area contributed by atoms with Gasteiger partial charge in [0.15, 0.2) is 0 Å². The van der Waals surface area contributed by atoms with Gasteiger partial charge in [-0.3, -0.25) is 13.9 Å². The second-order valence-corrected chi connectivity index (χ2v) is 3.61. The fourth-order valence-corrected chi connectivity index (χ4v) is 1.68. The van der Waals surface area contributed by atoms with Crippen molar-refractivity contribution in [2.45, 2.75) is 12.2 Å². The van der Waals surface area contributed by atoms with Crippen LogP contribution >= 0.6 is 0 Å². The molecule has 4 nitrogen and oxygen atoms in total. The van der Waals surface area contributed by atoms with E-state index in [2.05, 4.69) is 0 Å². The Morgan fingerprint density at radius 1 is 1.71 bits per heavy atom. The number of imidazole rings is 1. The van der Waals surface area contributed by atoms with Crippen molar-refractivity contribution in [2.75, 3.05) is 6.61 Å². The molecule has 1 atom stereocenters. The molecule has 74 valence electrons. The van der Waals surface area contributed by atoms with E-state index in [1.54, 1.807) is 0 Å². The maximum absolute atomic E-state index is 11.3. The topological polar surface area (TPSA) is 35.1 Å². The first-order valence-electron chi connectivity index (χ1n) is 4.71. The van der Waals surface area contributed by atoms with E-state index < -0.39 is 0 Å². The van der Waals surface area contributed by atoms with Gasteiger partial charge in [0.2, 0.25) is 0 Å². The van der Waals surface area contributed by atoms with Crippen molar-refractivity contribution in [1.29, 1.82) is 0 Å². The van der Waals surface area contributed by atoms with Gasteiger partial charge in [0.25, 0.3) is 5.97 Å². The normalized spacial score (nSPS) is 21.3. The van der Waals surface area contributed by atoms with Crippen molar-refractivity contribution in [1.82, 2.24) is 4.57 Å². The van der Waals surface area contributed by atoms with E-state index >= 15 is 0 Å². The SMILES string of the molecule is Cn1cc[n+](C)c1[B-]C1CCOC1=O. The summed E-state index contributed by atoms with van der Waals surface area (Å²) < 4.78 is 8.89. The fraction of sp³-hybridized carbons (Fsp3) is 0.556. The van der Waals surface area contributed by atoms with Crippen LogP contribution in [0.15, 0.2) is 12.4 Å². The molecule has 1 unspecified atom stereocenters. The molecule has 2 radical (unpaired) electrons. The monoisotopic (exact) mass is 192 g/mol. The lowest BCUT2D eigenvalue weighted by molar-refractivity contribution is -0.653. The zero-order valence-corrected chi connectivity index (χ0v) is 8.43. The molecular weight excluding hydrogens is 179 g/mol. The first-order chi connectivity index (χ1) is 6.68. The fourth-order valence-electron chi connectivity index (χ4n) is 1.68. The van der Waals surface area contributed by atoms with Crippen molar-refractivity contribution in [3.8, 4) is 0 Å². The second-order valence-electron chi connectivity index (χ2n) is 3.61. The van der Waals surface area contributed by atoms with E-state index in [-0.39, 0.29) is 11.8 Å². The number of hydrogen-bond acceptors (Lipinski definition) is 2. The number of esters is 1. The van der Waals surface area contributed by atoms with Gasteiger partial charge in [0.05, 0.1) is 20.7 Å².